The Labute approximate surface area is 86.2 Å². The molecule has 0 aliphatic carbocycles. The maximum absolute atomic E-state index is 8.52. The second-order valence-electron chi connectivity index (χ2n) is 0.408. The van der Waals surface area contributed by atoms with Gasteiger partial charge in [0, 0.05) is 10.4 Å². The van der Waals surface area contributed by atoms with E-state index in [4.69, 9.17) is 17.5 Å². The molecular weight excluding hydrogens is 209 g/mol. The van der Waals surface area contributed by atoms with E-state index in [2.05, 4.69) is 0 Å². The van der Waals surface area contributed by atoms with Crippen LogP contribution in [-0.4, -0.2) is 17.5 Å². The minimum atomic E-state index is -5.17. The van der Waals surface area contributed by atoms with Crippen molar-refractivity contribution in [2.75, 3.05) is 0 Å². The van der Waals surface area contributed by atoms with Gasteiger partial charge in [-0.25, -0.2) is 0 Å². The molecule has 4 nitrogen and oxygen atoms in total. The van der Waals surface area contributed by atoms with E-state index in [1.165, 1.54) is 0 Å². The van der Waals surface area contributed by atoms with Crippen molar-refractivity contribution in [2.45, 2.75) is 0 Å². The molecule has 0 saturated carbocycles. The van der Waals surface area contributed by atoms with E-state index in [-0.39, 0.29) is 59.0 Å². The normalized spacial score (nSPS) is 7.25. The first-order valence-electron chi connectivity index (χ1n) is 0.667. The zero-order chi connectivity index (χ0) is 4.50. The van der Waals surface area contributed by atoms with Gasteiger partial charge in [0.25, 0.3) is 0 Å². The van der Waals surface area contributed by atoms with Gasteiger partial charge in [-0.05, 0) is 0 Å². The van der Waals surface area contributed by atoms with E-state index in [0.717, 1.165) is 0 Å². The van der Waals surface area contributed by atoms with Crippen molar-refractivity contribution in [1.82, 2.24) is 0 Å². The molecule has 0 N–H and O–H groups in total. The van der Waals surface area contributed by atoms with Crippen LogP contribution >= 0.6 is 0 Å². The Bertz CT molecular complexity index is 99.2. The number of halogens is 1. The fourth-order valence-corrected chi connectivity index (χ4v) is 0. The van der Waals surface area contributed by atoms with Crippen molar-refractivity contribution in [1.29, 1.82) is 0 Å². The van der Waals surface area contributed by atoms with Crippen LogP contribution in [0, 0.1) is 0 Å². The molecule has 0 aliphatic heterocycles. The number of hydrogen-bond acceptors (Lipinski definition) is 4. The average Bonchev–Trinajstić information content (AvgIpc) is 0.722. The fraction of sp³-hybridized carbons (Fsp3) is 0. The van der Waals surface area contributed by atoms with Crippen molar-refractivity contribution in [2.24, 2.45) is 0 Å². The number of rotatable bonds is 0. The van der Waals surface area contributed by atoms with Crippen LogP contribution in [0.3, 0.4) is 0 Å². The second-order valence-corrected chi connectivity index (χ2v) is 1.22. The summed E-state index contributed by atoms with van der Waals surface area (Å²) in [6, 6.07) is 0. The first kappa shape index (κ1) is 22.6. The Morgan fingerprint density at radius 1 is 1.12 bits per heavy atom. The monoisotopic (exact) mass is 209 g/mol. The molecule has 45 valence electrons. The molecule has 0 saturated heterocycles. The van der Waals surface area contributed by atoms with Crippen molar-refractivity contribution in [3.8, 4) is 0 Å². The summed E-state index contributed by atoms with van der Waals surface area (Å²) in [5.41, 5.74) is 0. The molecule has 0 unspecified atom stereocenters. The number of hydrogen-bond donors (Lipinski definition) is 0. The summed E-state index contributed by atoms with van der Waals surface area (Å²) in [4.78, 5) is 0. The Hall–Kier alpha value is 1.68. The summed E-state index contributed by atoms with van der Waals surface area (Å²) >= 11 is 0. The maximum atomic E-state index is 8.52. The van der Waals surface area contributed by atoms with E-state index in [9.17, 15) is 0 Å². The van der Waals surface area contributed by atoms with Crippen LogP contribution in [0.2, 0.25) is 0 Å². The molecule has 0 aromatic carbocycles. The molecule has 0 spiro atoms. The fourth-order valence-electron chi connectivity index (χ4n) is 0. The molecular formula is ClMnNaO4S. The SMILES string of the molecule is O=S(=O)([O-])[O-].[Cl-].[Mn+2].[Na+]. The summed E-state index contributed by atoms with van der Waals surface area (Å²) in [6.45, 7) is 0. The van der Waals surface area contributed by atoms with Crippen LogP contribution in [0.25, 0.3) is 0 Å². The van der Waals surface area contributed by atoms with E-state index >= 15 is 0 Å². The first-order valence-corrected chi connectivity index (χ1v) is 2.00. The summed E-state index contributed by atoms with van der Waals surface area (Å²) in [6.07, 6.45) is 0. The molecule has 0 fully saturated rings. The van der Waals surface area contributed by atoms with E-state index in [1.807, 2.05) is 0 Å². The van der Waals surface area contributed by atoms with E-state index < -0.39 is 10.4 Å². The van der Waals surface area contributed by atoms with Crippen LogP contribution in [0.1, 0.15) is 0 Å². The first-order chi connectivity index (χ1) is 2.00. The summed E-state index contributed by atoms with van der Waals surface area (Å²) < 4.78 is 34.1. The van der Waals surface area contributed by atoms with Gasteiger partial charge in [0.2, 0.25) is 0 Å². The van der Waals surface area contributed by atoms with Gasteiger partial charge in [-0.2, -0.15) is 0 Å². The molecule has 0 rings (SSSR count). The van der Waals surface area contributed by atoms with Gasteiger partial charge in [0.05, 0.1) is 0 Å². The molecule has 0 aromatic rings. The standard InChI is InChI=1S/ClH.Mn.Na.H2O4S/c;;;1-5(2,3)4/h1H;;;(H2,1,2,3,4)/q;+2;+1;/p-3. The van der Waals surface area contributed by atoms with Gasteiger partial charge in [-0.1, -0.05) is 0 Å². The molecule has 0 aromatic heterocycles. The third kappa shape index (κ3) is 121. The predicted octanol–water partition coefficient (Wildman–Crippen LogP) is -7.33. The van der Waals surface area contributed by atoms with Crippen LogP contribution in [0.5, 0.6) is 0 Å². The Kier molecular flexibility index (Phi) is 24.5. The van der Waals surface area contributed by atoms with E-state index in [0.29, 0.717) is 0 Å². The second kappa shape index (κ2) is 8.68. The summed E-state index contributed by atoms with van der Waals surface area (Å²) in [5, 5.41) is 0. The average molecular weight is 209 g/mol. The van der Waals surface area contributed by atoms with Crippen molar-refractivity contribution < 1.29 is 76.6 Å². The third-order valence-electron chi connectivity index (χ3n) is 0. The topological polar surface area (TPSA) is 80.3 Å². The van der Waals surface area contributed by atoms with Gasteiger partial charge in [0.1, 0.15) is 0 Å². The molecule has 8 heteroatoms. The third-order valence-corrected chi connectivity index (χ3v) is 0. The molecule has 0 bridgehead atoms. The summed E-state index contributed by atoms with van der Waals surface area (Å²) in [7, 11) is -5.17. The smallest absolute Gasteiger partial charge is 1.00 e. The van der Waals surface area contributed by atoms with Crippen LogP contribution in [-0.2, 0) is 27.5 Å². The quantitative estimate of drug-likeness (QED) is 0.226. The summed E-state index contributed by atoms with van der Waals surface area (Å²) in [5.74, 6) is 0. The minimum absolute atomic E-state index is 0. The van der Waals surface area contributed by atoms with Crippen LogP contribution < -0.4 is 42.0 Å². The maximum Gasteiger partial charge on any atom is 2.00 e. The Morgan fingerprint density at radius 2 is 1.12 bits per heavy atom. The van der Waals surface area contributed by atoms with Crippen molar-refractivity contribution in [3.63, 3.8) is 0 Å². The molecule has 8 heavy (non-hydrogen) atoms. The molecule has 0 heterocycles. The molecule has 0 atom stereocenters. The minimum Gasteiger partial charge on any atom is -1.00 e. The molecule has 1 radical (unpaired) electrons. The van der Waals surface area contributed by atoms with Crippen molar-refractivity contribution >= 4 is 10.4 Å². The van der Waals surface area contributed by atoms with Crippen LogP contribution in [0.15, 0.2) is 0 Å². The zero-order valence-corrected chi connectivity index (χ0v) is 8.55. The Balaban J connectivity index is -0.0000000267. The van der Waals surface area contributed by atoms with Gasteiger partial charge in [-0.3, -0.25) is 8.42 Å². The van der Waals surface area contributed by atoms with Gasteiger partial charge >= 0.3 is 46.6 Å². The van der Waals surface area contributed by atoms with E-state index in [1.54, 1.807) is 0 Å². The van der Waals surface area contributed by atoms with Gasteiger partial charge in [-0.15, -0.1) is 0 Å². The van der Waals surface area contributed by atoms with Gasteiger partial charge < -0.3 is 21.5 Å². The van der Waals surface area contributed by atoms with Crippen molar-refractivity contribution in [3.05, 3.63) is 0 Å². The van der Waals surface area contributed by atoms with Crippen LogP contribution in [0.4, 0.5) is 0 Å². The zero-order valence-electron chi connectivity index (χ0n) is 3.80. The predicted molar refractivity (Wildman–Crippen MR) is 10.5 cm³/mol. The largest absolute Gasteiger partial charge is 2.00 e. The molecule has 0 amide bonds. The Morgan fingerprint density at radius 3 is 1.12 bits per heavy atom. The molecule has 0 aliphatic rings. The van der Waals surface area contributed by atoms with Gasteiger partial charge in [0.15, 0.2) is 0 Å².